The summed E-state index contributed by atoms with van der Waals surface area (Å²) in [5.41, 5.74) is 13.9. The Labute approximate surface area is 257 Å². The molecule has 3 aromatic carbocycles. The highest BCUT2D eigenvalue weighted by molar-refractivity contribution is 5.95. The summed E-state index contributed by atoms with van der Waals surface area (Å²) in [5.74, 6) is 1.82. The predicted octanol–water partition coefficient (Wildman–Crippen LogP) is 5.15. The number of nitrogens with zero attached hydrogens (tertiary/aromatic N) is 8. The Morgan fingerprint density at radius 2 is 1.62 bits per heavy atom. The van der Waals surface area contributed by atoms with Gasteiger partial charge in [0.1, 0.15) is 11.3 Å². The van der Waals surface area contributed by atoms with E-state index in [1.165, 1.54) is 5.56 Å². The van der Waals surface area contributed by atoms with E-state index in [4.69, 9.17) is 15.7 Å². The maximum absolute atomic E-state index is 13.1. The van der Waals surface area contributed by atoms with Crippen molar-refractivity contribution < 1.29 is 4.79 Å². The highest BCUT2D eigenvalue weighted by Crippen LogP contribution is 2.34. The van der Waals surface area contributed by atoms with Crippen LogP contribution in [-0.2, 0) is 0 Å². The van der Waals surface area contributed by atoms with Crippen LogP contribution in [0.3, 0.4) is 0 Å². The van der Waals surface area contributed by atoms with Crippen LogP contribution in [0.1, 0.15) is 21.8 Å². The lowest BCUT2D eigenvalue weighted by atomic mass is 9.90. The van der Waals surface area contributed by atoms with Gasteiger partial charge in [-0.05, 0) is 59.3 Å². The number of benzene rings is 3. The summed E-state index contributed by atoms with van der Waals surface area (Å²) in [6, 6.07) is 33.5. The molecular formula is C34H26N10O. The molecule has 7 aromatic rings. The molecule has 0 radical (unpaired) electrons. The number of hydrogen-bond donors (Lipinski definition) is 2. The van der Waals surface area contributed by atoms with E-state index in [9.17, 15) is 4.79 Å². The number of hydrogen-bond acceptors (Lipinski definition) is 8. The number of carbonyl (C=O) groups excluding carboxylic acids is 1. The van der Waals surface area contributed by atoms with Crippen LogP contribution >= 0.6 is 0 Å². The number of imidazole rings is 1. The maximum Gasteiger partial charge on any atom is 0.253 e. The second-order valence-electron chi connectivity index (χ2n) is 10.9. The second kappa shape index (κ2) is 10.8. The van der Waals surface area contributed by atoms with Crippen molar-refractivity contribution in [3.8, 4) is 39.7 Å². The van der Waals surface area contributed by atoms with E-state index in [0.717, 1.165) is 39.2 Å². The van der Waals surface area contributed by atoms with Gasteiger partial charge in [-0.1, -0.05) is 54.6 Å². The maximum atomic E-state index is 13.1. The van der Waals surface area contributed by atoms with Crippen molar-refractivity contribution in [3.63, 3.8) is 0 Å². The van der Waals surface area contributed by atoms with Crippen LogP contribution in [0.4, 0.5) is 5.82 Å². The number of nitrogens with two attached hydrogens (primary N) is 1. The van der Waals surface area contributed by atoms with E-state index in [1.807, 2.05) is 76.2 Å². The minimum absolute atomic E-state index is 0.00594. The van der Waals surface area contributed by atoms with Crippen molar-refractivity contribution in [2.24, 2.45) is 0 Å². The van der Waals surface area contributed by atoms with Crippen LogP contribution < -0.4 is 5.73 Å². The molecule has 4 aromatic heterocycles. The molecule has 1 aliphatic rings. The van der Waals surface area contributed by atoms with Crippen molar-refractivity contribution in [1.29, 1.82) is 0 Å². The summed E-state index contributed by atoms with van der Waals surface area (Å²) in [7, 11) is 0. The zero-order valence-corrected chi connectivity index (χ0v) is 23.9. The fraction of sp³-hybridized carbons (Fsp3) is 0.0882. The molecule has 1 fully saturated rings. The summed E-state index contributed by atoms with van der Waals surface area (Å²) < 4.78 is 2.04. The Kier molecular flexibility index (Phi) is 6.34. The van der Waals surface area contributed by atoms with Gasteiger partial charge in [-0.25, -0.2) is 15.0 Å². The molecule has 1 amide bonds. The van der Waals surface area contributed by atoms with E-state index >= 15 is 0 Å². The number of H-pyrrole nitrogens is 1. The zero-order chi connectivity index (χ0) is 30.3. The van der Waals surface area contributed by atoms with Gasteiger partial charge >= 0.3 is 0 Å². The fourth-order valence-corrected chi connectivity index (χ4v) is 5.74. The molecule has 45 heavy (non-hydrogen) atoms. The molecule has 5 heterocycles. The fourth-order valence-electron chi connectivity index (χ4n) is 5.74. The van der Waals surface area contributed by atoms with Gasteiger partial charge in [-0.15, -0.1) is 10.2 Å². The largest absolute Gasteiger partial charge is 0.383 e. The normalized spacial score (nSPS) is 13.2. The third kappa shape index (κ3) is 4.76. The molecule has 11 nitrogen and oxygen atoms in total. The van der Waals surface area contributed by atoms with Crippen LogP contribution in [0.15, 0.2) is 109 Å². The van der Waals surface area contributed by atoms with Crippen molar-refractivity contribution >= 4 is 22.9 Å². The first kappa shape index (κ1) is 26.4. The van der Waals surface area contributed by atoms with Crippen LogP contribution in [0.5, 0.6) is 0 Å². The lowest BCUT2D eigenvalue weighted by molar-refractivity contribution is 0.0602. The number of nitrogens with one attached hydrogen (secondary N) is 1. The second-order valence-corrected chi connectivity index (χ2v) is 10.9. The van der Waals surface area contributed by atoms with Crippen molar-refractivity contribution in [3.05, 3.63) is 120 Å². The van der Waals surface area contributed by atoms with E-state index < -0.39 is 0 Å². The molecule has 0 aliphatic carbocycles. The number of pyridine rings is 2. The van der Waals surface area contributed by atoms with Crippen LogP contribution in [0.2, 0.25) is 0 Å². The molecule has 0 unspecified atom stereocenters. The van der Waals surface area contributed by atoms with Gasteiger partial charge in [-0.2, -0.15) is 5.21 Å². The third-order valence-corrected chi connectivity index (χ3v) is 8.18. The smallest absolute Gasteiger partial charge is 0.253 e. The minimum atomic E-state index is 0.00594. The number of amides is 1. The molecule has 0 atom stereocenters. The number of tetrazole rings is 1. The third-order valence-electron chi connectivity index (χ3n) is 8.18. The number of carbonyl (C=O) groups is 1. The van der Waals surface area contributed by atoms with E-state index in [2.05, 4.69) is 49.9 Å². The quantitative estimate of drug-likeness (QED) is 0.271. The number of nitrogen functional groups attached to an aromatic ring is 1. The van der Waals surface area contributed by atoms with Gasteiger partial charge in [0.25, 0.3) is 5.91 Å². The number of likely N-dealkylation sites (tertiary alicyclic amines) is 1. The standard InChI is InChI=1S/C34H26N10O/c35-30-27(7-4-18-36-30)32-38-29-17-16-28(22-5-2-1-3-6-22)37-33(29)44(32)26-14-12-21(13-15-26)25-19-43(20-25)34(45)24-10-8-23(9-11-24)31-39-41-42-40-31/h1-18,25H,19-20H2,(H2,35,36)(H,39,40,41,42). The van der Waals surface area contributed by atoms with Crippen LogP contribution in [0, 0.1) is 0 Å². The van der Waals surface area contributed by atoms with Crippen molar-refractivity contribution in [2.75, 3.05) is 18.8 Å². The molecule has 0 spiro atoms. The first-order valence-electron chi connectivity index (χ1n) is 14.5. The van der Waals surface area contributed by atoms with Gasteiger partial charge in [0.05, 0.1) is 11.3 Å². The number of aromatic nitrogens is 8. The minimum Gasteiger partial charge on any atom is -0.383 e. The molecule has 8 rings (SSSR count). The Morgan fingerprint density at radius 3 is 2.36 bits per heavy atom. The molecule has 0 bridgehead atoms. The van der Waals surface area contributed by atoms with Gasteiger partial charge in [-0.3, -0.25) is 9.36 Å². The summed E-state index contributed by atoms with van der Waals surface area (Å²) >= 11 is 0. The molecule has 218 valence electrons. The number of rotatable bonds is 6. The van der Waals surface area contributed by atoms with Gasteiger partial charge in [0.15, 0.2) is 11.5 Å². The van der Waals surface area contributed by atoms with E-state index in [0.29, 0.717) is 36.1 Å². The summed E-state index contributed by atoms with van der Waals surface area (Å²) in [6.07, 6.45) is 1.67. The first-order valence-corrected chi connectivity index (χ1v) is 14.5. The molecule has 1 saturated heterocycles. The summed E-state index contributed by atoms with van der Waals surface area (Å²) in [4.78, 5) is 29.3. The van der Waals surface area contributed by atoms with E-state index in [1.54, 1.807) is 18.3 Å². The average Bonchev–Trinajstić information content (AvgIpc) is 3.74. The molecule has 3 N–H and O–H groups in total. The molecule has 1 aliphatic heterocycles. The van der Waals surface area contributed by atoms with Gasteiger partial charge in [0.2, 0.25) is 5.82 Å². The Morgan fingerprint density at radius 1 is 0.822 bits per heavy atom. The average molecular weight is 591 g/mol. The summed E-state index contributed by atoms with van der Waals surface area (Å²) in [5, 5.41) is 14.0. The zero-order valence-electron chi connectivity index (χ0n) is 23.9. The van der Waals surface area contributed by atoms with Gasteiger partial charge in [0, 0.05) is 47.6 Å². The Bertz CT molecular complexity index is 2130. The number of aromatic amines is 1. The Hall–Kier alpha value is -6.23. The predicted molar refractivity (Wildman–Crippen MR) is 170 cm³/mol. The molecule has 11 heteroatoms. The number of anilines is 1. The summed E-state index contributed by atoms with van der Waals surface area (Å²) in [6.45, 7) is 1.30. The topological polar surface area (TPSA) is 144 Å². The monoisotopic (exact) mass is 590 g/mol. The van der Waals surface area contributed by atoms with Gasteiger partial charge < -0.3 is 10.6 Å². The van der Waals surface area contributed by atoms with Crippen LogP contribution in [-0.4, -0.2) is 64.0 Å². The van der Waals surface area contributed by atoms with Crippen LogP contribution in [0.25, 0.3) is 50.9 Å². The lowest BCUT2D eigenvalue weighted by Gasteiger charge is -2.39. The lowest BCUT2D eigenvalue weighted by Crippen LogP contribution is -2.48. The first-order chi connectivity index (χ1) is 22.1. The highest BCUT2D eigenvalue weighted by atomic mass is 16.2. The molecule has 0 saturated carbocycles. The van der Waals surface area contributed by atoms with Crippen molar-refractivity contribution in [1.82, 2.24) is 45.0 Å². The Balaban J connectivity index is 1.07. The SMILES string of the molecule is Nc1ncccc1-c1nc2ccc(-c3ccccc3)nc2n1-c1ccc(C2CN(C(=O)c3ccc(-c4nn[nH]n4)cc3)C2)cc1. The van der Waals surface area contributed by atoms with E-state index in [-0.39, 0.29) is 11.8 Å². The van der Waals surface area contributed by atoms with Crippen molar-refractivity contribution in [2.45, 2.75) is 5.92 Å². The molecular weight excluding hydrogens is 564 g/mol. The highest BCUT2D eigenvalue weighted by Gasteiger charge is 2.32. The number of fused-ring (bicyclic) bond motifs is 1.